The fourth-order valence-corrected chi connectivity index (χ4v) is 0.286. The first-order chi connectivity index (χ1) is 4.56. The maximum atomic E-state index is 11.3. The van der Waals surface area contributed by atoms with Crippen molar-refractivity contribution in [2.75, 3.05) is 6.61 Å². The predicted octanol–water partition coefficient (Wildman–Crippen LogP) is 1.75. The van der Waals surface area contributed by atoms with Crippen molar-refractivity contribution in [3.8, 4) is 11.8 Å². The van der Waals surface area contributed by atoms with E-state index >= 15 is 0 Å². The first-order valence-electron chi connectivity index (χ1n) is 2.50. The maximum absolute atomic E-state index is 11.3. The highest BCUT2D eigenvalue weighted by atomic mass is 19.4. The Hall–Kier alpha value is -0.690. The zero-order chi connectivity index (χ0) is 8.04. The fourth-order valence-electron chi connectivity index (χ4n) is 0.286. The van der Waals surface area contributed by atoms with Crippen molar-refractivity contribution in [3.63, 3.8) is 0 Å². The molecule has 0 rings (SSSR count). The average molecular weight is 151 g/mol. The molecule has 0 N–H and O–H groups in total. The maximum Gasteiger partial charge on any atom is 0.457 e. The van der Waals surface area contributed by atoms with Gasteiger partial charge in [0.25, 0.3) is 0 Å². The van der Waals surface area contributed by atoms with Crippen LogP contribution in [0.25, 0.3) is 0 Å². The molecule has 0 fully saturated rings. The van der Waals surface area contributed by atoms with Gasteiger partial charge in [-0.05, 0) is 0 Å². The van der Waals surface area contributed by atoms with E-state index in [-0.39, 0.29) is 13.0 Å². The lowest BCUT2D eigenvalue weighted by Gasteiger charge is -1.92. The van der Waals surface area contributed by atoms with Crippen LogP contribution in [0.4, 0.5) is 13.2 Å². The van der Waals surface area contributed by atoms with Crippen molar-refractivity contribution in [2.24, 2.45) is 0 Å². The first kappa shape index (κ1) is 9.31. The third kappa shape index (κ3) is 7.31. The lowest BCUT2D eigenvalue weighted by Crippen LogP contribution is -2.01. The molecule has 0 aromatic carbocycles. The van der Waals surface area contributed by atoms with Gasteiger partial charge in [-0.15, -0.1) is 0 Å². The molecular formula is C6H6F3O. The number of hydrogen-bond donors (Lipinski definition) is 0. The molecule has 0 aromatic heterocycles. The van der Waals surface area contributed by atoms with Gasteiger partial charge in [0.15, 0.2) is 0 Å². The zero-order valence-corrected chi connectivity index (χ0v) is 5.16. The van der Waals surface area contributed by atoms with Crippen LogP contribution in [-0.4, -0.2) is 12.8 Å². The molecule has 0 amide bonds. The van der Waals surface area contributed by atoms with E-state index in [1.54, 1.807) is 0 Å². The summed E-state index contributed by atoms with van der Waals surface area (Å²) < 4.78 is 38.0. The van der Waals surface area contributed by atoms with Crippen LogP contribution in [0.2, 0.25) is 0 Å². The summed E-state index contributed by atoms with van der Waals surface area (Å²) in [5.74, 6) is 2.99. The molecule has 0 spiro atoms. The van der Waals surface area contributed by atoms with Crippen molar-refractivity contribution in [1.29, 1.82) is 0 Å². The summed E-state index contributed by atoms with van der Waals surface area (Å²) in [6.07, 6.45) is -4.33. The Morgan fingerprint density at radius 1 is 1.40 bits per heavy atom. The number of hydrogen-bond acceptors (Lipinski definition) is 1. The fraction of sp³-hybridized carbons (Fsp3) is 0.500. The second kappa shape index (κ2) is 4.18. The van der Waals surface area contributed by atoms with Gasteiger partial charge in [0.1, 0.15) is 0 Å². The zero-order valence-electron chi connectivity index (χ0n) is 5.16. The highest BCUT2D eigenvalue weighted by molar-refractivity contribution is 5.04. The minimum absolute atomic E-state index is 0.0585. The van der Waals surface area contributed by atoms with Gasteiger partial charge < -0.3 is 4.74 Å². The SMILES string of the molecule is [CH2]OCCC#CC(F)(F)F. The third-order valence-corrected chi connectivity index (χ3v) is 0.602. The normalized spacial score (nSPS) is 10.4. The van der Waals surface area contributed by atoms with Crippen molar-refractivity contribution in [3.05, 3.63) is 7.11 Å². The van der Waals surface area contributed by atoms with Gasteiger partial charge >= 0.3 is 6.18 Å². The van der Waals surface area contributed by atoms with Crippen LogP contribution in [-0.2, 0) is 4.74 Å². The number of ether oxygens (including phenoxy) is 1. The summed E-state index contributed by atoms with van der Waals surface area (Å²) in [5, 5.41) is 0. The van der Waals surface area contributed by atoms with E-state index in [4.69, 9.17) is 0 Å². The van der Waals surface area contributed by atoms with E-state index in [0.29, 0.717) is 0 Å². The monoisotopic (exact) mass is 151 g/mol. The van der Waals surface area contributed by atoms with Gasteiger partial charge in [0.2, 0.25) is 0 Å². The van der Waals surface area contributed by atoms with Crippen LogP contribution >= 0.6 is 0 Å². The molecule has 0 aromatic rings. The van der Waals surface area contributed by atoms with E-state index in [9.17, 15) is 13.2 Å². The minimum atomic E-state index is -4.39. The summed E-state index contributed by atoms with van der Waals surface area (Å²) in [4.78, 5) is 0. The Labute approximate surface area is 57.2 Å². The minimum Gasteiger partial charge on any atom is -0.378 e. The lowest BCUT2D eigenvalue weighted by molar-refractivity contribution is -0.0697. The molecule has 0 aliphatic rings. The first-order valence-corrected chi connectivity index (χ1v) is 2.50. The van der Waals surface area contributed by atoms with Crippen molar-refractivity contribution < 1.29 is 17.9 Å². The largest absolute Gasteiger partial charge is 0.457 e. The molecule has 0 bridgehead atoms. The van der Waals surface area contributed by atoms with Gasteiger partial charge in [-0.25, -0.2) is 0 Å². The summed E-state index contributed by atoms with van der Waals surface area (Å²) in [6, 6.07) is 0. The van der Waals surface area contributed by atoms with Gasteiger partial charge in [-0.1, -0.05) is 5.92 Å². The summed E-state index contributed by atoms with van der Waals surface area (Å²) >= 11 is 0. The van der Waals surface area contributed by atoms with E-state index in [1.807, 2.05) is 5.92 Å². The second-order valence-corrected chi connectivity index (χ2v) is 1.46. The number of alkyl halides is 3. The van der Waals surface area contributed by atoms with E-state index in [1.165, 1.54) is 0 Å². The Bertz CT molecular complexity index is 139. The Balaban J connectivity index is 3.50. The van der Waals surface area contributed by atoms with Crippen molar-refractivity contribution in [2.45, 2.75) is 12.6 Å². The Morgan fingerprint density at radius 2 is 2.00 bits per heavy atom. The van der Waals surface area contributed by atoms with Crippen LogP contribution < -0.4 is 0 Å². The number of halogens is 3. The molecule has 0 aliphatic heterocycles. The van der Waals surface area contributed by atoms with E-state index < -0.39 is 6.18 Å². The molecule has 1 radical (unpaired) electrons. The van der Waals surface area contributed by atoms with Crippen LogP contribution in [0.1, 0.15) is 6.42 Å². The molecule has 0 aliphatic carbocycles. The standard InChI is InChI=1S/C6H6F3O/c1-10-5-3-2-4-6(7,8)9/h1,3,5H2. The third-order valence-electron chi connectivity index (χ3n) is 0.602. The molecule has 0 saturated carbocycles. The molecule has 0 unspecified atom stereocenters. The van der Waals surface area contributed by atoms with Crippen LogP contribution in [0, 0.1) is 19.0 Å². The van der Waals surface area contributed by atoms with Crippen molar-refractivity contribution in [1.82, 2.24) is 0 Å². The van der Waals surface area contributed by atoms with Crippen LogP contribution in [0.3, 0.4) is 0 Å². The van der Waals surface area contributed by atoms with Crippen LogP contribution in [0.15, 0.2) is 0 Å². The van der Waals surface area contributed by atoms with Gasteiger partial charge in [-0.2, -0.15) is 13.2 Å². The molecule has 0 heterocycles. The number of rotatable bonds is 2. The highest BCUT2D eigenvalue weighted by Crippen LogP contribution is 2.11. The Kier molecular flexibility index (Phi) is 3.89. The Morgan fingerprint density at radius 3 is 2.40 bits per heavy atom. The summed E-state index contributed by atoms with van der Waals surface area (Å²) in [7, 11) is 2.97. The topological polar surface area (TPSA) is 9.23 Å². The summed E-state index contributed by atoms with van der Waals surface area (Å²) in [5.41, 5.74) is 0. The molecule has 57 valence electrons. The highest BCUT2D eigenvalue weighted by Gasteiger charge is 2.22. The van der Waals surface area contributed by atoms with Gasteiger partial charge in [0.05, 0.1) is 13.7 Å². The van der Waals surface area contributed by atoms with Crippen molar-refractivity contribution >= 4 is 0 Å². The molecule has 0 atom stereocenters. The predicted molar refractivity (Wildman–Crippen MR) is 29.8 cm³/mol. The molecular weight excluding hydrogens is 145 g/mol. The van der Waals surface area contributed by atoms with Gasteiger partial charge in [0, 0.05) is 12.3 Å². The van der Waals surface area contributed by atoms with E-state index in [0.717, 1.165) is 5.92 Å². The molecule has 1 nitrogen and oxygen atoms in total. The van der Waals surface area contributed by atoms with E-state index in [2.05, 4.69) is 11.8 Å². The quantitative estimate of drug-likeness (QED) is 0.431. The van der Waals surface area contributed by atoms with Gasteiger partial charge in [-0.3, -0.25) is 0 Å². The lowest BCUT2D eigenvalue weighted by atomic mass is 10.4. The average Bonchev–Trinajstić information content (AvgIpc) is 1.78. The smallest absolute Gasteiger partial charge is 0.378 e. The molecule has 0 saturated heterocycles. The molecule has 10 heavy (non-hydrogen) atoms. The second-order valence-electron chi connectivity index (χ2n) is 1.46. The molecule has 4 heteroatoms. The van der Waals surface area contributed by atoms with Crippen LogP contribution in [0.5, 0.6) is 0 Å². The summed E-state index contributed by atoms with van der Waals surface area (Å²) in [6.45, 7) is 0.128.